The summed E-state index contributed by atoms with van der Waals surface area (Å²) in [5.41, 5.74) is -1.93. The maximum Gasteiger partial charge on any atom is 0.564 e. The van der Waals surface area contributed by atoms with E-state index in [1.54, 1.807) is 0 Å². The minimum absolute atomic E-state index is 0.429. The van der Waals surface area contributed by atoms with E-state index in [1.165, 1.54) is 0 Å². The van der Waals surface area contributed by atoms with E-state index in [9.17, 15) is 35.8 Å². The molecule has 0 aliphatic heterocycles. The lowest BCUT2D eigenvalue weighted by molar-refractivity contribution is 0.389. The highest BCUT2D eigenvalue weighted by molar-refractivity contribution is 6.64. The van der Waals surface area contributed by atoms with Crippen molar-refractivity contribution in [1.82, 2.24) is 0 Å². The third-order valence-electron chi connectivity index (χ3n) is 7.84. The molecule has 7 aromatic carbocycles. The van der Waals surface area contributed by atoms with Crippen molar-refractivity contribution in [3.8, 4) is 5.75 Å². The van der Waals surface area contributed by atoms with E-state index in [0.29, 0.717) is 6.07 Å². The number of benzene rings is 7. The Labute approximate surface area is 249 Å². The molecule has 1 N–H and O–H groups in total. The summed E-state index contributed by atoms with van der Waals surface area (Å²) in [6, 6.07) is 3.40. The van der Waals surface area contributed by atoms with Crippen LogP contribution in [0.1, 0.15) is 0 Å². The second-order valence-corrected chi connectivity index (χ2v) is 10.2. The van der Waals surface area contributed by atoms with E-state index in [-0.39, 0.29) is 0 Å². The van der Waals surface area contributed by atoms with Crippen LogP contribution in [0.5, 0.6) is 5.75 Å². The maximum atomic E-state index is 15.6. The van der Waals surface area contributed by atoms with Gasteiger partial charge in [0.25, 0.3) is 0 Å². The predicted molar refractivity (Wildman–Crippen MR) is 139 cm³/mol. The molecule has 47 heavy (non-hydrogen) atoms. The van der Waals surface area contributed by atoms with E-state index in [2.05, 4.69) is 0 Å². The van der Waals surface area contributed by atoms with Crippen molar-refractivity contribution < 1.29 is 71.1 Å². The van der Waals surface area contributed by atoms with Gasteiger partial charge in [0.2, 0.25) is 5.82 Å². The van der Waals surface area contributed by atoms with Gasteiger partial charge in [0, 0.05) is 27.0 Å². The predicted octanol–water partition coefficient (Wildman–Crippen LogP) is 8.60. The van der Waals surface area contributed by atoms with Gasteiger partial charge in [0.05, 0.1) is 26.9 Å². The molecule has 0 radical (unpaired) electrons. The number of rotatable bonds is 3. The number of halogens is 14. The molecule has 0 heterocycles. The first kappa shape index (κ1) is 30.6. The minimum Gasteiger partial charge on any atom is -0.530 e. The summed E-state index contributed by atoms with van der Waals surface area (Å²) in [4.78, 5) is 0. The van der Waals surface area contributed by atoms with Crippen LogP contribution in [0.4, 0.5) is 61.5 Å². The zero-order valence-electron chi connectivity index (χ0n) is 22.0. The Morgan fingerprint density at radius 2 is 0.872 bits per heavy atom. The molecule has 0 amide bonds. The van der Waals surface area contributed by atoms with Crippen LogP contribution >= 0.6 is 0 Å². The van der Waals surface area contributed by atoms with Gasteiger partial charge in [-0.2, -0.15) is 4.39 Å². The second kappa shape index (κ2) is 9.97. The molecule has 0 atom stereocenters. The molecule has 0 aliphatic carbocycles. The first-order chi connectivity index (χ1) is 22.1. The van der Waals surface area contributed by atoms with Crippen LogP contribution in [-0.2, 0) is 0 Å². The van der Waals surface area contributed by atoms with Crippen LogP contribution in [0.3, 0.4) is 0 Å². The summed E-state index contributed by atoms with van der Waals surface area (Å²) in [6.07, 6.45) is 0. The fourth-order valence-corrected chi connectivity index (χ4v) is 5.85. The topological polar surface area (TPSA) is 29.5 Å². The Morgan fingerprint density at radius 1 is 0.426 bits per heavy atom. The standard InChI is InChI=1S/C30H5BF14O2/c32-7-3-1-2-5-4-6-9(17(33)8(5)7)18(34)28(44)29(45)30(6)47-31(46)16-12-10-11-14(20(36)19(12)35)24(40)27(43)25(41)15(11)22(38)21(37)13(10)23(39)26(16)42/h1-4,46H. The van der Waals surface area contributed by atoms with Crippen molar-refractivity contribution >= 4 is 66.4 Å². The molecule has 0 spiro atoms. The minimum atomic E-state index is -3.36. The highest BCUT2D eigenvalue weighted by atomic mass is 19.2. The van der Waals surface area contributed by atoms with Gasteiger partial charge in [0.1, 0.15) is 17.4 Å². The Bertz CT molecular complexity index is 2550. The van der Waals surface area contributed by atoms with Crippen LogP contribution in [-0.4, -0.2) is 12.1 Å². The van der Waals surface area contributed by atoms with Gasteiger partial charge >= 0.3 is 7.12 Å². The summed E-state index contributed by atoms with van der Waals surface area (Å²) in [5, 5.41) is -3.65. The van der Waals surface area contributed by atoms with Gasteiger partial charge in [-0.25, -0.2) is 57.1 Å². The van der Waals surface area contributed by atoms with E-state index in [0.717, 1.165) is 18.2 Å². The van der Waals surface area contributed by atoms with Crippen LogP contribution < -0.4 is 10.1 Å². The number of hydrogen-bond donors (Lipinski definition) is 1. The van der Waals surface area contributed by atoms with Gasteiger partial charge < -0.3 is 9.68 Å². The normalized spacial score (nSPS) is 12.1. The van der Waals surface area contributed by atoms with Gasteiger partial charge in [-0.3, -0.25) is 0 Å². The van der Waals surface area contributed by atoms with Gasteiger partial charge in [-0.05, 0) is 17.5 Å². The summed E-state index contributed by atoms with van der Waals surface area (Å²) in [6.45, 7) is 0. The summed E-state index contributed by atoms with van der Waals surface area (Å²) >= 11 is 0. The molecule has 7 aromatic rings. The lowest BCUT2D eigenvalue weighted by atomic mass is 9.73. The highest BCUT2D eigenvalue weighted by Gasteiger charge is 2.40. The second-order valence-electron chi connectivity index (χ2n) is 10.2. The van der Waals surface area contributed by atoms with Crippen molar-refractivity contribution in [1.29, 1.82) is 0 Å². The molecule has 7 rings (SSSR count). The van der Waals surface area contributed by atoms with Crippen molar-refractivity contribution in [2.45, 2.75) is 0 Å². The summed E-state index contributed by atoms with van der Waals surface area (Å²) < 4.78 is 214. The lowest BCUT2D eigenvalue weighted by Crippen LogP contribution is -2.41. The van der Waals surface area contributed by atoms with Crippen molar-refractivity contribution in [3.05, 3.63) is 106 Å². The fraction of sp³-hybridized carbons (Fsp3) is 0. The Hall–Kier alpha value is -5.06. The molecule has 0 saturated heterocycles. The van der Waals surface area contributed by atoms with Crippen LogP contribution in [0, 0.1) is 81.4 Å². The van der Waals surface area contributed by atoms with Crippen LogP contribution in [0.2, 0.25) is 0 Å². The zero-order chi connectivity index (χ0) is 34.1. The number of fused-ring (bicyclic) bond motifs is 2. The zero-order valence-corrected chi connectivity index (χ0v) is 22.0. The van der Waals surface area contributed by atoms with Crippen LogP contribution in [0.15, 0.2) is 24.3 Å². The average molecular weight is 674 g/mol. The van der Waals surface area contributed by atoms with Crippen molar-refractivity contribution in [2.75, 3.05) is 0 Å². The third-order valence-corrected chi connectivity index (χ3v) is 7.84. The maximum absolute atomic E-state index is 15.6. The van der Waals surface area contributed by atoms with Crippen LogP contribution in [0.25, 0.3) is 53.9 Å². The van der Waals surface area contributed by atoms with E-state index < -0.39 is 154 Å². The molecule has 2 nitrogen and oxygen atoms in total. The summed E-state index contributed by atoms with van der Waals surface area (Å²) in [7, 11) is -3.36. The molecule has 238 valence electrons. The van der Waals surface area contributed by atoms with Gasteiger partial charge in [-0.1, -0.05) is 12.1 Å². The molecule has 0 bridgehead atoms. The quantitative estimate of drug-likeness (QED) is 0.0670. The lowest BCUT2D eigenvalue weighted by Gasteiger charge is -2.21. The molecule has 0 saturated carbocycles. The molecular formula is C30H5BF14O2. The highest BCUT2D eigenvalue weighted by Crippen LogP contribution is 2.45. The largest absolute Gasteiger partial charge is 0.564 e. The Morgan fingerprint density at radius 3 is 1.45 bits per heavy atom. The molecule has 17 heteroatoms. The van der Waals surface area contributed by atoms with E-state index >= 15 is 30.7 Å². The number of hydrogen-bond acceptors (Lipinski definition) is 2. The SMILES string of the molecule is OB(Oc1c(F)c(F)c(F)c2c(F)c3c(F)cccc3cc12)c1c(F)c(F)c2c(F)c(F)c3c(F)c(F)c(F)c4c(F)c(F)c1c2c34. The Balaban J connectivity index is 1.60. The molecule has 0 unspecified atom stereocenters. The fourth-order valence-electron chi connectivity index (χ4n) is 5.85. The molecule has 0 aliphatic rings. The van der Waals surface area contributed by atoms with E-state index in [4.69, 9.17) is 4.65 Å². The average Bonchev–Trinajstić information content (AvgIpc) is 3.02. The van der Waals surface area contributed by atoms with Gasteiger partial charge in [-0.15, -0.1) is 0 Å². The van der Waals surface area contributed by atoms with Crippen molar-refractivity contribution in [2.24, 2.45) is 0 Å². The van der Waals surface area contributed by atoms with Crippen molar-refractivity contribution in [3.63, 3.8) is 0 Å². The summed E-state index contributed by atoms with van der Waals surface area (Å²) in [5.74, 6) is -34.5. The molecule has 0 fully saturated rings. The Kier molecular flexibility index (Phi) is 6.49. The molecular weight excluding hydrogens is 669 g/mol. The molecule has 0 aromatic heterocycles. The van der Waals surface area contributed by atoms with E-state index in [1.807, 2.05) is 0 Å². The third kappa shape index (κ3) is 3.74. The van der Waals surface area contributed by atoms with Gasteiger partial charge in [0.15, 0.2) is 64.0 Å². The monoisotopic (exact) mass is 674 g/mol. The first-order valence-electron chi connectivity index (χ1n) is 12.7. The first-order valence-corrected chi connectivity index (χ1v) is 12.7. The smallest absolute Gasteiger partial charge is 0.530 e.